The third-order valence-electron chi connectivity index (χ3n) is 3.86. The highest BCUT2D eigenvalue weighted by molar-refractivity contribution is 7.80. The lowest BCUT2D eigenvalue weighted by Crippen LogP contribution is -2.48. The highest BCUT2D eigenvalue weighted by Crippen LogP contribution is 2.16. The van der Waals surface area contributed by atoms with Crippen LogP contribution in [0.5, 0.6) is 0 Å². The molecule has 1 saturated heterocycles. The average Bonchev–Trinajstić information content (AvgIpc) is 2.79. The summed E-state index contributed by atoms with van der Waals surface area (Å²) in [6, 6.07) is 9.46. The van der Waals surface area contributed by atoms with E-state index in [-0.39, 0.29) is 24.8 Å². The zero-order chi connectivity index (χ0) is 19.2. The van der Waals surface area contributed by atoms with Crippen molar-refractivity contribution in [3.8, 4) is 0 Å². The van der Waals surface area contributed by atoms with Crippen LogP contribution >= 0.6 is 12.2 Å². The summed E-state index contributed by atoms with van der Waals surface area (Å²) >= 11 is 5.08. The number of rotatable bonds is 6. The molecule has 0 spiro atoms. The summed E-state index contributed by atoms with van der Waals surface area (Å²) in [5.74, 6) is -0.719. The fraction of sp³-hybridized carbons (Fsp3) is 0.412. The van der Waals surface area contributed by atoms with E-state index in [0.29, 0.717) is 11.7 Å². The number of nitrogens with one attached hydrogen (secondary N) is 4. The summed E-state index contributed by atoms with van der Waals surface area (Å²) < 4.78 is 0. The highest BCUT2D eigenvalue weighted by Gasteiger charge is 2.43. The molecule has 0 aromatic heterocycles. The van der Waals surface area contributed by atoms with Gasteiger partial charge in [-0.15, -0.1) is 0 Å². The van der Waals surface area contributed by atoms with Crippen molar-refractivity contribution >= 4 is 35.2 Å². The van der Waals surface area contributed by atoms with Gasteiger partial charge in [0.1, 0.15) is 5.54 Å². The van der Waals surface area contributed by atoms with Crippen LogP contribution in [0.4, 0.5) is 4.79 Å². The lowest BCUT2D eigenvalue weighted by molar-refractivity contribution is -0.130. The first-order valence-electron chi connectivity index (χ1n) is 8.30. The zero-order valence-corrected chi connectivity index (χ0v) is 15.6. The molecular formula is C17H23N5O3S. The smallest absolute Gasteiger partial charge is 0.325 e. The first-order chi connectivity index (χ1) is 12.3. The van der Waals surface area contributed by atoms with Gasteiger partial charge in [-0.3, -0.25) is 25.3 Å². The van der Waals surface area contributed by atoms with Gasteiger partial charge in [-0.2, -0.15) is 0 Å². The predicted molar refractivity (Wildman–Crippen MR) is 101 cm³/mol. The molecule has 4 amide bonds. The van der Waals surface area contributed by atoms with Crippen molar-refractivity contribution in [3.63, 3.8) is 0 Å². The van der Waals surface area contributed by atoms with Crippen molar-refractivity contribution in [1.82, 2.24) is 26.4 Å². The van der Waals surface area contributed by atoms with E-state index in [1.807, 2.05) is 30.3 Å². The molecule has 1 fully saturated rings. The van der Waals surface area contributed by atoms with Gasteiger partial charge < -0.3 is 10.6 Å². The van der Waals surface area contributed by atoms with Crippen molar-refractivity contribution < 1.29 is 14.4 Å². The van der Waals surface area contributed by atoms with Crippen LogP contribution in [-0.4, -0.2) is 46.5 Å². The monoisotopic (exact) mass is 377 g/mol. The van der Waals surface area contributed by atoms with E-state index < -0.39 is 11.6 Å². The Morgan fingerprint density at radius 1 is 1.19 bits per heavy atom. The maximum atomic E-state index is 12.0. The van der Waals surface area contributed by atoms with Crippen LogP contribution in [0.3, 0.4) is 0 Å². The first kappa shape index (κ1) is 19.6. The van der Waals surface area contributed by atoms with E-state index in [2.05, 4.69) is 21.5 Å². The van der Waals surface area contributed by atoms with Crippen molar-refractivity contribution in [1.29, 1.82) is 0 Å². The maximum Gasteiger partial charge on any atom is 0.325 e. The van der Waals surface area contributed by atoms with Gasteiger partial charge >= 0.3 is 6.03 Å². The number of hydrogen-bond donors (Lipinski definition) is 4. The van der Waals surface area contributed by atoms with Gasteiger partial charge in [0.25, 0.3) is 5.91 Å². The molecule has 1 aliphatic rings. The normalized spacial score (nSPS) is 15.4. The van der Waals surface area contributed by atoms with E-state index in [1.165, 1.54) is 5.56 Å². The third kappa shape index (κ3) is 5.41. The molecule has 0 bridgehead atoms. The zero-order valence-electron chi connectivity index (χ0n) is 14.8. The molecule has 0 aliphatic carbocycles. The number of benzene rings is 1. The number of amides is 4. The lowest BCUT2D eigenvalue weighted by Gasteiger charge is -2.16. The van der Waals surface area contributed by atoms with E-state index in [9.17, 15) is 14.4 Å². The molecule has 1 aromatic carbocycles. The van der Waals surface area contributed by atoms with Crippen LogP contribution < -0.4 is 21.5 Å². The fourth-order valence-electron chi connectivity index (χ4n) is 2.43. The second kappa shape index (κ2) is 8.61. The molecule has 1 aromatic rings. The molecule has 0 atom stereocenters. The minimum atomic E-state index is -0.934. The Kier molecular flexibility index (Phi) is 6.51. The van der Waals surface area contributed by atoms with Crippen LogP contribution in [0.15, 0.2) is 30.3 Å². The van der Waals surface area contributed by atoms with Crippen LogP contribution in [0.1, 0.15) is 25.8 Å². The second-order valence-corrected chi connectivity index (χ2v) is 6.83. The standard InChI is InChI=1S/C17H23N5O3S/c1-17(2)14(24)22(16(25)19-17)11-9-13(23)20-21-15(26)18-10-8-12-6-4-3-5-7-12/h3-7H,8-11H2,1-2H3,(H,19,25)(H,20,23)(H2,18,21,26). The van der Waals surface area contributed by atoms with Gasteiger partial charge in [-0.05, 0) is 38.0 Å². The van der Waals surface area contributed by atoms with E-state index in [1.54, 1.807) is 13.8 Å². The van der Waals surface area contributed by atoms with E-state index >= 15 is 0 Å². The van der Waals surface area contributed by atoms with Crippen LogP contribution in [-0.2, 0) is 16.0 Å². The van der Waals surface area contributed by atoms with E-state index in [4.69, 9.17) is 12.2 Å². The van der Waals surface area contributed by atoms with Gasteiger partial charge in [-0.1, -0.05) is 30.3 Å². The molecule has 8 nitrogen and oxygen atoms in total. The highest BCUT2D eigenvalue weighted by atomic mass is 32.1. The summed E-state index contributed by atoms with van der Waals surface area (Å²) in [4.78, 5) is 36.6. The van der Waals surface area contributed by atoms with E-state index in [0.717, 1.165) is 11.3 Å². The Hall–Kier alpha value is -2.68. The number of carbonyl (C=O) groups is 3. The lowest BCUT2D eigenvalue weighted by atomic mass is 10.1. The summed E-state index contributed by atoms with van der Waals surface area (Å²) in [6.07, 6.45) is 0.785. The Labute approximate surface area is 157 Å². The van der Waals surface area contributed by atoms with Crippen LogP contribution in [0.25, 0.3) is 0 Å². The Morgan fingerprint density at radius 2 is 1.88 bits per heavy atom. The number of nitrogens with zero attached hydrogens (tertiary/aromatic N) is 1. The number of imide groups is 1. The molecule has 1 heterocycles. The molecular weight excluding hydrogens is 354 g/mol. The molecule has 140 valence electrons. The summed E-state index contributed by atoms with van der Waals surface area (Å²) in [6.45, 7) is 3.88. The summed E-state index contributed by atoms with van der Waals surface area (Å²) in [5.41, 5.74) is 5.29. The Bertz CT molecular complexity index is 693. The van der Waals surface area contributed by atoms with Gasteiger partial charge in [0.05, 0.1) is 0 Å². The van der Waals surface area contributed by atoms with Crippen molar-refractivity contribution in [2.75, 3.05) is 13.1 Å². The molecule has 4 N–H and O–H groups in total. The Balaban J connectivity index is 1.63. The second-order valence-electron chi connectivity index (χ2n) is 6.43. The van der Waals surface area contributed by atoms with Crippen molar-refractivity contribution in [3.05, 3.63) is 35.9 Å². The largest absolute Gasteiger partial charge is 0.361 e. The number of urea groups is 1. The van der Waals surface area contributed by atoms with Gasteiger partial charge in [0, 0.05) is 19.5 Å². The third-order valence-corrected chi connectivity index (χ3v) is 4.11. The SMILES string of the molecule is CC1(C)NC(=O)N(CCC(=O)NNC(=S)NCCc2ccccc2)C1=O. The number of hydrazine groups is 1. The molecule has 0 saturated carbocycles. The van der Waals surface area contributed by atoms with Gasteiger partial charge in [-0.25, -0.2) is 4.79 Å². The average molecular weight is 377 g/mol. The van der Waals surface area contributed by atoms with Crippen LogP contribution in [0, 0.1) is 0 Å². The maximum absolute atomic E-state index is 12.0. The molecule has 1 aliphatic heterocycles. The predicted octanol–water partition coefficient (Wildman–Crippen LogP) is 0.445. The van der Waals surface area contributed by atoms with Crippen molar-refractivity contribution in [2.24, 2.45) is 0 Å². The minimum Gasteiger partial charge on any atom is -0.361 e. The number of carbonyl (C=O) groups excluding carboxylic acids is 3. The molecule has 2 rings (SSSR count). The number of hydrogen-bond acceptors (Lipinski definition) is 4. The molecule has 0 radical (unpaired) electrons. The quantitative estimate of drug-likeness (QED) is 0.326. The summed E-state index contributed by atoms with van der Waals surface area (Å²) in [7, 11) is 0. The van der Waals surface area contributed by atoms with Crippen LogP contribution in [0.2, 0.25) is 0 Å². The molecule has 26 heavy (non-hydrogen) atoms. The topological polar surface area (TPSA) is 103 Å². The van der Waals surface area contributed by atoms with Gasteiger partial charge in [0.15, 0.2) is 5.11 Å². The van der Waals surface area contributed by atoms with Crippen molar-refractivity contribution in [2.45, 2.75) is 32.2 Å². The fourth-order valence-corrected chi connectivity index (χ4v) is 2.59. The van der Waals surface area contributed by atoms with Gasteiger partial charge in [0.2, 0.25) is 5.91 Å². The Morgan fingerprint density at radius 3 is 2.50 bits per heavy atom. The molecule has 0 unspecified atom stereocenters. The summed E-state index contributed by atoms with van der Waals surface area (Å²) in [5, 5.41) is 5.85. The number of thiocarbonyl (C=S) groups is 1. The first-order valence-corrected chi connectivity index (χ1v) is 8.71. The minimum absolute atomic E-state index is 0.00973. The molecule has 9 heteroatoms.